The number of fused-ring (bicyclic) bond motifs is 4. The molecule has 0 radical (unpaired) electrons. The highest BCUT2D eigenvalue weighted by Crippen LogP contribution is 2.50. The van der Waals surface area contributed by atoms with Crippen LogP contribution in [0.4, 0.5) is 5.69 Å². The number of allylic oxidation sites excluding steroid dienone is 1. The van der Waals surface area contributed by atoms with Crippen molar-refractivity contribution in [3.8, 4) is 5.75 Å². The molecule has 2 nitrogen and oxygen atoms in total. The Morgan fingerprint density at radius 1 is 1.00 bits per heavy atom. The lowest BCUT2D eigenvalue weighted by atomic mass is 9.72. The van der Waals surface area contributed by atoms with Gasteiger partial charge in [-0.3, -0.25) is 0 Å². The molecule has 0 fully saturated rings. The molecule has 2 atom stereocenters. The van der Waals surface area contributed by atoms with E-state index in [-0.39, 0.29) is 11.5 Å². The van der Waals surface area contributed by atoms with Crippen molar-refractivity contribution >= 4 is 17.4 Å². The van der Waals surface area contributed by atoms with Gasteiger partial charge in [0.1, 0.15) is 11.5 Å². The van der Waals surface area contributed by atoms with Crippen molar-refractivity contribution in [3.05, 3.63) is 77.6 Å². The first-order valence-corrected chi connectivity index (χ1v) is 9.25. The molecule has 2 unspecified atom stereocenters. The van der Waals surface area contributed by atoms with Crippen LogP contribution < -0.4 is 10.1 Å². The number of anilines is 1. The third-order valence-electron chi connectivity index (χ3n) is 5.21. The molecule has 0 aromatic heterocycles. The van der Waals surface area contributed by atoms with Gasteiger partial charge in [-0.15, -0.1) is 11.8 Å². The monoisotopic (exact) mass is 333 g/mol. The zero-order valence-electron chi connectivity index (χ0n) is 13.7. The minimum Gasteiger partial charge on any atom is -0.457 e. The zero-order chi connectivity index (χ0) is 16.3. The van der Waals surface area contributed by atoms with Crippen LogP contribution >= 0.6 is 11.8 Å². The first-order chi connectivity index (χ1) is 11.6. The molecule has 3 heteroatoms. The van der Waals surface area contributed by atoms with Gasteiger partial charge >= 0.3 is 0 Å². The van der Waals surface area contributed by atoms with Crippen LogP contribution in [0.5, 0.6) is 5.75 Å². The zero-order valence-corrected chi connectivity index (χ0v) is 14.6. The maximum atomic E-state index is 6.25. The van der Waals surface area contributed by atoms with E-state index in [0.29, 0.717) is 5.25 Å². The van der Waals surface area contributed by atoms with Crippen molar-refractivity contribution in [2.24, 2.45) is 0 Å². The fourth-order valence-electron chi connectivity index (χ4n) is 3.88. The summed E-state index contributed by atoms with van der Waals surface area (Å²) in [5.41, 5.74) is 3.74. The molecule has 120 valence electrons. The number of benzene rings is 2. The van der Waals surface area contributed by atoms with Crippen LogP contribution in [-0.2, 0) is 5.41 Å². The summed E-state index contributed by atoms with van der Waals surface area (Å²) in [4.78, 5) is 1.32. The number of nitrogens with one attached hydrogen (secondary N) is 1. The number of hydrogen-bond donors (Lipinski definition) is 1. The van der Waals surface area contributed by atoms with Crippen LogP contribution in [0.15, 0.2) is 76.9 Å². The van der Waals surface area contributed by atoms with E-state index in [0.717, 1.165) is 11.5 Å². The van der Waals surface area contributed by atoms with E-state index >= 15 is 0 Å². The molecule has 3 aliphatic rings. The Hall–Kier alpha value is -2.13. The second kappa shape index (κ2) is 4.93. The standard InChI is InChI=1S/C21H19NOS/c1-21(2)13-7-3-5-9-17(13)23-18-12-16-20(11-14(18)21)24-19-10-6-4-8-15(19)22-16/h3-12,16,20,22H,1-2H3. The Kier molecular flexibility index (Phi) is 2.93. The minimum absolute atomic E-state index is 0.0385. The quantitative estimate of drug-likeness (QED) is 0.721. The number of rotatable bonds is 0. The van der Waals surface area contributed by atoms with Crippen molar-refractivity contribution in [1.29, 1.82) is 0 Å². The van der Waals surface area contributed by atoms with Gasteiger partial charge in [0.25, 0.3) is 0 Å². The van der Waals surface area contributed by atoms with E-state index in [1.54, 1.807) is 0 Å². The lowest BCUT2D eigenvalue weighted by Gasteiger charge is -2.42. The summed E-state index contributed by atoms with van der Waals surface area (Å²) in [6.45, 7) is 4.59. The SMILES string of the molecule is CC1(C)C2=CC3Sc4ccccc4NC3C=C2Oc2ccccc21. The summed E-state index contributed by atoms with van der Waals surface area (Å²) >= 11 is 1.94. The van der Waals surface area contributed by atoms with Gasteiger partial charge < -0.3 is 10.1 Å². The second-order valence-corrected chi connectivity index (χ2v) is 8.30. The summed E-state index contributed by atoms with van der Waals surface area (Å²) in [5.74, 6) is 1.99. The molecule has 5 rings (SSSR count). The maximum Gasteiger partial charge on any atom is 0.131 e. The molecule has 0 amide bonds. The highest BCUT2D eigenvalue weighted by atomic mass is 32.2. The molecule has 0 bridgehead atoms. The third kappa shape index (κ3) is 1.97. The Bertz CT molecular complexity index is 896. The molecule has 2 aliphatic heterocycles. The normalized spacial score (nSPS) is 25.6. The van der Waals surface area contributed by atoms with Gasteiger partial charge in [0.05, 0.1) is 11.3 Å². The Morgan fingerprint density at radius 3 is 2.71 bits per heavy atom. The summed E-state index contributed by atoms with van der Waals surface area (Å²) in [5, 5.41) is 4.06. The summed E-state index contributed by atoms with van der Waals surface area (Å²) < 4.78 is 6.25. The minimum atomic E-state index is -0.0385. The lowest BCUT2D eigenvalue weighted by Crippen LogP contribution is -2.39. The summed E-state index contributed by atoms with van der Waals surface area (Å²) in [7, 11) is 0. The molecular formula is C21H19NOS. The number of para-hydroxylation sites is 2. The highest BCUT2D eigenvalue weighted by Gasteiger charge is 2.41. The van der Waals surface area contributed by atoms with Crippen molar-refractivity contribution in [2.75, 3.05) is 5.32 Å². The van der Waals surface area contributed by atoms with E-state index in [1.807, 2.05) is 17.8 Å². The first-order valence-electron chi connectivity index (χ1n) is 8.37. The molecule has 0 saturated heterocycles. The fraction of sp³-hybridized carbons (Fsp3) is 0.238. The van der Waals surface area contributed by atoms with Crippen LogP contribution in [-0.4, -0.2) is 11.3 Å². The molecule has 24 heavy (non-hydrogen) atoms. The summed E-state index contributed by atoms with van der Waals surface area (Å²) in [6, 6.07) is 17.2. The Balaban J connectivity index is 1.61. The average Bonchev–Trinajstić information content (AvgIpc) is 2.59. The highest BCUT2D eigenvalue weighted by molar-refractivity contribution is 8.00. The molecule has 2 aromatic rings. The molecule has 1 N–H and O–H groups in total. The van der Waals surface area contributed by atoms with Crippen molar-refractivity contribution in [2.45, 2.75) is 35.4 Å². The van der Waals surface area contributed by atoms with Gasteiger partial charge in [-0.25, -0.2) is 0 Å². The van der Waals surface area contributed by atoms with Crippen molar-refractivity contribution in [3.63, 3.8) is 0 Å². The maximum absolute atomic E-state index is 6.25. The van der Waals surface area contributed by atoms with Crippen LogP contribution in [0.25, 0.3) is 0 Å². The Labute approximate surface area is 146 Å². The topological polar surface area (TPSA) is 21.3 Å². The summed E-state index contributed by atoms with van der Waals surface area (Å²) in [6.07, 6.45) is 4.67. The van der Waals surface area contributed by atoms with Crippen molar-refractivity contribution < 1.29 is 4.74 Å². The van der Waals surface area contributed by atoms with E-state index in [9.17, 15) is 0 Å². The molecular weight excluding hydrogens is 314 g/mol. The van der Waals surface area contributed by atoms with Gasteiger partial charge in [-0.05, 0) is 24.3 Å². The predicted octanol–water partition coefficient (Wildman–Crippen LogP) is 5.14. The first kappa shape index (κ1) is 14.2. The van der Waals surface area contributed by atoms with E-state index in [2.05, 4.69) is 73.8 Å². The van der Waals surface area contributed by atoms with Gasteiger partial charge in [-0.1, -0.05) is 50.3 Å². The fourth-order valence-corrected chi connectivity index (χ4v) is 5.09. The molecule has 2 aromatic carbocycles. The lowest BCUT2D eigenvalue weighted by molar-refractivity contribution is 0.365. The van der Waals surface area contributed by atoms with E-state index in [4.69, 9.17) is 4.74 Å². The predicted molar refractivity (Wildman–Crippen MR) is 99.8 cm³/mol. The Morgan fingerprint density at radius 2 is 1.79 bits per heavy atom. The number of thioether (sulfide) groups is 1. The van der Waals surface area contributed by atoms with E-state index < -0.39 is 0 Å². The number of ether oxygens (including phenoxy) is 1. The molecule has 0 saturated carbocycles. The van der Waals surface area contributed by atoms with Gasteiger partial charge in [0, 0.05) is 27.1 Å². The van der Waals surface area contributed by atoms with Gasteiger partial charge in [0.15, 0.2) is 0 Å². The van der Waals surface area contributed by atoms with Crippen LogP contribution in [0.3, 0.4) is 0 Å². The third-order valence-corrected chi connectivity index (χ3v) is 6.52. The van der Waals surface area contributed by atoms with E-state index in [1.165, 1.54) is 21.7 Å². The number of hydrogen-bond acceptors (Lipinski definition) is 3. The molecule has 2 heterocycles. The molecule has 0 spiro atoms. The van der Waals surface area contributed by atoms with Crippen molar-refractivity contribution in [1.82, 2.24) is 0 Å². The largest absolute Gasteiger partial charge is 0.457 e. The molecule has 1 aliphatic carbocycles. The van der Waals surface area contributed by atoms with Crippen LogP contribution in [0.2, 0.25) is 0 Å². The van der Waals surface area contributed by atoms with Crippen LogP contribution in [0.1, 0.15) is 19.4 Å². The van der Waals surface area contributed by atoms with Gasteiger partial charge in [0.2, 0.25) is 0 Å². The average molecular weight is 333 g/mol. The smallest absolute Gasteiger partial charge is 0.131 e. The van der Waals surface area contributed by atoms with Crippen LogP contribution in [0, 0.1) is 0 Å². The van der Waals surface area contributed by atoms with Gasteiger partial charge in [-0.2, -0.15) is 0 Å². The second-order valence-electron chi connectivity index (χ2n) is 7.08.